The minimum atomic E-state index is -0.397. The zero-order valence-electron chi connectivity index (χ0n) is 36.6. The summed E-state index contributed by atoms with van der Waals surface area (Å²) < 4.78 is 19.3. The molecule has 61 heavy (non-hydrogen) atoms. The van der Waals surface area contributed by atoms with Gasteiger partial charge in [-0.1, -0.05) is 34.1 Å². The molecule has 12 heteroatoms. The number of aromatic nitrogens is 1. The summed E-state index contributed by atoms with van der Waals surface area (Å²) >= 11 is 3.41. The van der Waals surface area contributed by atoms with Crippen molar-refractivity contribution in [1.29, 1.82) is 0 Å². The highest BCUT2D eigenvalue weighted by Gasteiger charge is 2.22. The third-order valence-corrected chi connectivity index (χ3v) is 11.0. The van der Waals surface area contributed by atoms with Crippen molar-refractivity contribution < 1.29 is 28.6 Å². The largest absolute Gasteiger partial charge is 0.496 e. The van der Waals surface area contributed by atoms with Crippen molar-refractivity contribution in [2.45, 2.75) is 38.1 Å². The van der Waals surface area contributed by atoms with Crippen LogP contribution in [0.4, 0.5) is 0 Å². The van der Waals surface area contributed by atoms with Crippen molar-refractivity contribution >= 4 is 44.6 Å². The lowest BCUT2D eigenvalue weighted by molar-refractivity contribution is 0.0820. The number of allylic oxidation sites excluding steroid dienone is 2. The first-order valence-corrected chi connectivity index (χ1v) is 21.0. The van der Waals surface area contributed by atoms with Gasteiger partial charge < -0.3 is 39.2 Å². The van der Waals surface area contributed by atoms with Gasteiger partial charge in [0.15, 0.2) is 0 Å². The quantitative estimate of drug-likeness (QED) is 0.111. The minimum Gasteiger partial charge on any atom is -0.496 e. The van der Waals surface area contributed by atoms with E-state index in [0.717, 1.165) is 94.6 Å². The van der Waals surface area contributed by atoms with E-state index < -0.39 is 5.91 Å². The molecule has 0 unspecified atom stereocenters. The number of amides is 3. The molecule has 1 aliphatic rings. The lowest BCUT2D eigenvalue weighted by Gasteiger charge is -2.33. The van der Waals surface area contributed by atoms with Gasteiger partial charge in [0.1, 0.15) is 17.2 Å². The van der Waals surface area contributed by atoms with E-state index in [1.807, 2.05) is 66.7 Å². The molecule has 1 fully saturated rings. The number of ether oxygens (including phenoxy) is 3. The van der Waals surface area contributed by atoms with Gasteiger partial charge in [-0.3, -0.25) is 14.4 Å². The van der Waals surface area contributed by atoms with E-state index >= 15 is 0 Å². The highest BCUT2D eigenvalue weighted by Crippen LogP contribution is 2.30. The van der Waals surface area contributed by atoms with Gasteiger partial charge in [-0.2, -0.15) is 0 Å². The highest BCUT2D eigenvalue weighted by molar-refractivity contribution is 9.10. The van der Waals surface area contributed by atoms with Crippen LogP contribution in [0.1, 0.15) is 66.6 Å². The van der Waals surface area contributed by atoms with Gasteiger partial charge in [0.25, 0.3) is 11.8 Å². The molecule has 2 N–H and O–H groups in total. The fraction of sp³-hybridized carbons (Fsp3) is 0.327. The molecule has 1 saturated heterocycles. The summed E-state index contributed by atoms with van der Waals surface area (Å²) in [6, 6.07) is 25.2. The van der Waals surface area contributed by atoms with Crippen molar-refractivity contribution in [2.24, 2.45) is 5.73 Å². The standard InChI is InChI=1S/C26H32N4O3.C13H17NO2.C10H11BrO/c1-28(2)26(32)21-6-7-24(33-3)19(16-21)8-12-29-13-10-22(11-14-29)30-15-9-18-4-5-20(25(27)31)17-23(18)30;1-5-6-10-9-11(13(15)14(2)3)7-8-12(10)16-4;1-3-4-8-7-9(11)5-6-10(8)12-2/h4-7,9,15-17,22H,8,10-14H2,1-3H3,(H2,27,31);5,7-9H,1,6H2,2-4H3;3,5-7H,1,4H2,2H3. The number of primary amides is 1. The van der Waals surface area contributed by atoms with E-state index in [0.29, 0.717) is 29.2 Å². The number of carbonyl (C=O) groups excluding carboxylic acids is 3. The molecule has 1 aromatic heterocycles. The molecule has 0 atom stereocenters. The molecule has 0 aliphatic carbocycles. The number of hydrogen-bond donors (Lipinski definition) is 1. The normalized spacial score (nSPS) is 12.5. The number of nitrogens with zero attached hydrogens (tertiary/aromatic N) is 4. The van der Waals surface area contributed by atoms with Crippen molar-refractivity contribution in [3.8, 4) is 17.2 Å². The number of benzene rings is 4. The highest BCUT2D eigenvalue weighted by atomic mass is 79.9. The number of rotatable bonds is 14. The minimum absolute atomic E-state index is 0.00170. The van der Waals surface area contributed by atoms with E-state index in [-0.39, 0.29) is 11.8 Å². The molecular weight excluding hydrogens is 834 g/mol. The summed E-state index contributed by atoms with van der Waals surface area (Å²) in [4.78, 5) is 41.3. The van der Waals surface area contributed by atoms with Crippen LogP contribution in [0.15, 0.2) is 115 Å². The van der Waals surface area contributed by atoms with Crippen LogP contribution in [0, 0.1) is 0 Å². The number of hydrogen-bond acceptors (Lipinski definition) is 7. The third-order valence-electron chi connectivity index (χ3n) is 10.5. The van der Waals surface area contributed by atoms with Gasteiger partial charge in [-0.05, 0) is 127 Å². The molecule has 6 rings (SSSR count). The van der Waals surface area contributed by atoms with Gasteiger partial charge >= 0.3 is 0 Å². The van der Waals surface area contributed by atoms with Crippen LogP contribution in [0.3, 0.4) is 0 Å². The Hall–Kier alpha value is -5.85. The monoisotopic (exact) mass is 893 g/mol. The molecule has 5 aromatic rings. The lowest BCUT2D eigenvalue weighted by Crippen LogP contribution is -2.36. The Bertz CT molecular complexity index is 2290. The van der Waals surface area contributed by atoms with E-state index in [1.54, 1.807) is 77.5 Å². The molecular formula is C49H60BrN5O6. The maximum Gasteiger partial charge on any atom is 0.253 e. The SMILES string of the molecule is C=CCc1cc(Br)ccc1OC.C=CCc1cc(C(=O)N(C)C)ccc1OC.COc1ccc(C(=O)N(C)C)cc1CCN1CCC(n2ccc3ccc(C(N)=O)cc32)CC1. The van der Waals surface area contributed by atoms with Gasteiger partial charge in [0.2, 0.25) is 5.91 Å². The Kier molecular flexibility index (Phi) is 18.2. The average molecular weight is 895 g/mol. The van der Waals surface area contributed by atoms with Crippen LogP contribution < -0.4 is 19.9 Å². The van der Waals surface area contributed by atoms with Crippen LogP contribution in [0.5, 0.6) is 17.2 Å². The topological polar surface area (TPSA) is 120 Å². The number of methoxy groups -OCH3 is 3. The lowest BCUT2D eigenvalue weighted by atomic mass is 10.0. The smallest absolute Gasteiger partial charge is 0.253 e. The predicted molar refractivity (Wildman–Crippen MR) is 249 cm³/mol. The maximum atomic E-state index is 12.3. The zero-order valence-corrected chi connectivity index (χ0v) is 38.2. The summed E-state index contributed by atoms with van der Waals surface area (Å²) in [7, 11) is 12.0. The second-order valence-corrected chi connectivity index (χ2v) is 16.0. The molecule has 1 aliphatic heterocycles. The van der Waals surface area contributed by atoms with Crippen molar-refractivity contribution in [3.05, 3.63) is 148 Å². The summed E-state index contributed by atoms with van der Waals surface area (Å²) in [5, 5.41) is 1.13. The number of likely N-dealkylation sites (tertiary alicyclic amines) is 1. The Labute approximate surface area is 369 Å². The predicted octanol–water partition coefficient (Wildman–Crippen LogP) is 8.64. The van der Waals surface area contributed by atoms with Gasteiger partial charge in [-0.15, -0.1) is 13.2 Å². The van der Waals surface area contributed by atoms with Gasteiger partial charge in [0.05, 0.1) is 21.3 Å². The fourth-order valence-electron chi connectivity index (χ4n) is 7.23. The van der Waals surface area contributed by atoms with Crippen LogP contribution in [-0.2, 0) is 19.3 Å². The number of halogens is 1. The Morgan fingerprint density at radius 3 is 1.70 bits per heavy atom. The van der Waals surface area contributed by atoms with Crippen LogP contribution in [-0.4, -0.2) is 106 Å². The van der Waals surface area contributed by atoms with Crippen LogP contribution in [0.2, 0.25) is 0 Å². The molecule has 324 valence electrons. The Morgan fingerprint density at radius 1 is 0.705 bits per heavy atom. The second-order valence-electron chi connectivity index (χ2n) is 15.1. The maximum absolute atomic E-state index is 12.3. The van der Waals surface area contributed by atoms with Crippen LogP contribution in [0.25, 0.3) is 10.9 Å². The van der Waals surface area contributed by atoms with Gasteiger partial charge in [-0.25, -0.2) is 0 Å². The summed E-state index contributed by atoms with van der Waals surface area (Å²) in [6.07, 6.45) is 10.2. The van der Waals surface area contributed by atoms with Gasteiger partial charge in [0, 0.05) is 86.7 Å². The number of fused-ring (bicyclic) bond motifs is 1. The summed E-state index contributed by atoms with van der Waals surface area (Å²) in [6.45, 7) is 10.3. The first kappa shape index (κ1) is 47.8. The first-order chi connectivity index (χ1) is 29.2. The average Bonchev–Trinajstić information content (AvgIpc) is 3.69. The Balaban J connectivity index is 0.000000241. The van der Waals surface area contributed by atoms with Crippen LogP contribution >= 0.6 is 15.9 Å². The fourth-order valence-corrected chi connectivity index (χ4v) is 7.64. The van der Waals surface area contributed by atoms with E-state index in [2.05, 4.69) is 50.8 Å². The summed E-state index contributed by atoms with van der Waals surface area (Å²) in [5.41, 5.74) is 11.6. The number of carbonyl (C=O) groups is 3. The molecule has 4 aromatic carbocycles. The number of nitrogens with two attached hydrogens (primary N) is 1. The molecule has 0 spiro atoms. The van der Waals surface area contributed by atoms with Crippen molar-refractivity contribution in [3.63, 3.8) is 0 Å². The molecule has 3 amide bonds. The molecule has 11 nitrogen and oxygen atoms in total. The van der Waals surface area contributed by atoms with E-state index in [4.69, 9.17) is 19.9 Å². The van der Waals surface area contributed by atoms with Crippen molar-refractivity contribution in [2.75, 3.05) is 69.2 Å². The molecule has 0 saturated carbocycles. The van der Waals surface area contributed by atoms with E-state index in [9.17, 15) is 14.4 Å². The Morgan fingerprint density at radius 2 is 1.20 bits per heavy atom. The third kappa shape index (κ3) is 13.1. The zero-order chi connectivity index (χ0) is 44.6. The van der Waals surface area contributed by atoms with Crippen molar-refractivity contribution in [1.82, 2.24) is 19.3 Å². The molecule has 0 bridgehead atoms. The second kappa shape index (κ2) is 23.2. The molecule has 0 radical (unpaired) electrons. The van der Waals surface area contributed by atoms with E-state index in [1.165, 1.54) is 0 Å². The molecule has 2 heterocycles. The number of piperidine rings is 1. The first-order valence-electron chi connectivity index (χ1n) is 20.2. The summed E-state index contributed by atoms with van der Waals surface area (Å²) in [5.74, 6) is 2.12.